The van der Waals surface area contributed by atoms with Crippen LogP contribution in [0, 0.1) is 0 Å². The summed E-state index contributed by atoms with van der Waals surface area (Å²) in [6.07, 6.45) is 0. The first kappa shape index (κ1) is 26.2. The van der Waals surface area contributed by atoms with Gasteiger partial charge in [0.25, 0.3) is 0 Å². The van der Waals surface area contributed by atoms with Crippen molar-refractivity contribution in [1.29, 1.82) is 0 Å². The molecule has 0 saturated carbocycles. The van der Waals surface area contributed by atoms with E-state index in [0.29, 0.717) is 28.1 Å². The van der Waals surface area contributed by atoms with Gasteiger partial charge < -0.3 is 8.83 Å². The minimum atomic E-state index is -0.344. The minimum absolute atomic E-state index is 0.0118. The van der Waals surface area contributed by atoms with Crippen molar-refractivity contribution in [1.82, 2.24) is 15.0 Å². The molecule has 0 saturated heterocycles. The number of fused-ring (bicyclic) bond motifs is 6. The van der Waals surface area contributed by atoms with Gasteiger partial charge in [-0.05, 0) is 69.7 Å². The standard InChI is InChI=1S/C51H31N3O2/c1-3-12-32(13-4-1)33-22-24-35(25-23-33)49-52-50(37-27-29-43-47(31-37)56-45-21-11-19-39(48(43)45)34-14-5-2-6-15-34)54-51(53-49)42-18-8-7-16-38(42)36-26-28-41-40-17-9-10-20-44(40)55-46(41)30-36/h1-31H/i11D,19D,21D,27D,29D,31D. The van der Waals surface area contributed by atoms with Crippen LogP contribution >= 0.6 is 0 Å². The van der Waals surface area contributed by atoms with Crippen molar-refractivity contribution in [3.8, 4) is 67.5 Å². The molecule has 0 unspecified atom stereocenters. The lowest BCUT2D eigenvalue weighted by Crippen LogP contribution is -2.01. The number of furan rings is 2. The quantitative estimate of drug-likeness (QED) is 0.171. The molecule has 56 heavy (non-hydrogen) atoms. The summed E-state index contributed by atoms with van der Waals surface area (Å²) in [6, 6.07) is 46.8. The number of hydrogen-bond acceptors (Lipinski definition) is 5. The Hall–Kier alpha value is -7.63. The molecule has 0 atom stereocenters. The van der Waals surface area contributed by atoms with Crippen LogP contribution in [0.3, 0.4) is 0 Å². The lowest BCUT2D eigenvalue weighted by atomic mass is 9.97. The van der Waals surface area contributed by atoms with E-state index in [1.54, 1.807) is 24.3 Å². The molecular formula is C51H31N3O2. The van der Waals surface area contributed by atoms with Crippen molar-refractivity contribution < 1.29 is 17.1 Å². The average molecular weight is 724 g/mol. The second-order valence-electron chi connectivity index (χ2n) is 13.5. The Labute approximate surface area is 330 Å². The molecule has 0 aliphatic carbocycles. The molecule has 0 fully saturated rings. The van der Waals surface area contributed by atoms with E-state index >= 15 is 0 Å². The molecule has 262 valence electrons. The number of nitrogens with zero attached hydrogens (tertiary/aromatic N) is 3. The Bertz CT molecular complexity index is 3590. The summed E-state index contributed by atoms with van der Waals surface area (Å²) in [5.74, 6) is 0.562. The van der Waals surface area contributed by atoms with E-state index in [2.05, 4.69) is 0 Å². The Morgan fingerprint density at radius 1 is 0.357 bits per heavy atom. The maximum absolute atomic E-state index is 9.61. The molecule has 0 aliphatic heterocycles. The summed E-state index contributed by atoms with van der Waals surface area (Å²) in [4.78, 5) is 14.9. The number of para-hydroxylation sites is 1. The van der Waals surface area contributed by atoms with E-state index in [0.717, 1.165) is 44.2 Å². The lowest BCUT2D eigenvalue weighted by Gasteiger charge is -2.12. The van der Waals surface area contributed by atoms with Gasteiger partial charge in [-0.3, -0.25) is 0 Å². The SMILES string of the molecule is [2H]c1c([2H])c(-c2ccccc2)c2c(oc3c([2H])c(-c4nc(-c5ccc(-c6ccccc6)cc5)nc(-c5ccccc5-c5ccc6c(c5)oc5ccccc56)n4)c([2H])c([2H])c32)c1[2H]. The van der Waals surface area contributed by atoms with Gasteiger partial charge in [0.2, 0.25) is 0 Å². The normalized spacial score (nSPS) is 13.1. The van der Waals surface area contributed by atoms with E-state index in [1.807, 2.05) is 127 Å². The van der Waals surface area contributed by atoms with Crippen LogP contribution in [0.25, 0.3) is 111 Å². The fourth-order valence-electron chi connectivity index (χ4n) is 7.38. The molecule has 0 aliphatic rings. The Kier molecular flexibility index (Phi) is 6.10. The molecule has 0 amide bonds. The van der Waals surface area contributed by atoms with Crippen molar-refractivity contribution in [3.63, 3.8) is 0 Å². The zero-order valence-corrected chi connectivity index (χ0v) is 29.6. The lowest BCUT2D eigenvalue weighted by molar-refractivity contribution is 0.668. The van der Waals surface area contributed by atoms with Gasteiger partial charge in [-0.15, -0.1) is 0 Å². The molecule has 0 spiro atoms. The van der Waals surface area contributed by atoms with Crippen molar-refractivity contribution in [3.05, 3.63) is 188 Å². The zero-order chi connectivity index (χ0) is 42.2. The van der Waals surface area contributed by atoms with Gasteiger partial charge in [-0.25, -0.2) is 15.0 Å². The van der Waals surface area contributed by atoms with Crippen LogP contribution in [0.1, 0.15) is 8.22 Å². The first-order valence-electron chi connectivity index (χ1n) is 21.2. The van der Waals surface area contributed by atoms with Gasteiger partial charge in [-0.1, -0.05) is 152 Å². The number of benzene rings is 8. The van der Waals surface area contributed by atoms with Crippen molar-refractivity contribution in [2.24, 2.45) is 0 Å². The van der Waals surface area contributed by atoms with Gasteiger partial charge in [-0.2, -0.15) is 0 Å². The fourth-order valence-corrected chi connectivity index (χ4v) is 7.38. The first-order valence-corrected chi connectivity index (χ1v) is 18.2. The van der Waals surface area contributed by atoms with Crippen LogP contribution in [0.15, 0.2) is 197 Å². The molecule has 3 heterocycles. The summed E-state index contributed by atoms with van der Waals surface area (Å²) in [5, 5.41) is 2.36. The summed E-state index contributed by atoms with van der Waals surface area (Å²) in [5.41, 5.74) is 7.31. The third kappa shape index (κ3) is 5.45. The molecule has 5 nitrogen and oxygen atoms in total. The molecule has 3 aromatic heterocycles. The third-order valence-electron chi connectivity index (χ3n) is 10.1. The Balaban J connectivity index is 1.15. The van der Waals surface area contributed by atoms with E-state index < -0.39 is 0 Å². The molecule has 8 aromatic carbocycles. The minimum Gasteiger partial charge on any atom is -0.456 e. The maximum atomic E-state index is 9.61. The Morgan fingerprint density at radius 3 is 1.79 bits per heavy atom. The van der Waals surface area contributed by atoms with Crippen molar-refractivity contribution >= 4 is 43.9 Å². The highest BCUT2D eigenvalue weighted by molar-refractivity contribution is 6.13. The highest BCUT2D eigenvalue weighted by Crippen LogP contribution is 2.40. The molecule has 11 aromatic rings. The number of rotatable bonds is 6. The fraction of sp³-hybridized carbons (Fsp3) is 0. The van der Waals surface area contributed by atoms with Gasteiger partial charge in [0.1, 0.15) is 22.3 Å². The second-order valence-corrected chi connectivity index (χ2v) is 13.5. The van der Waals surface area contributed by atoms with Gasteiger partial charge >= 0.3 is 0 Å². The molecule has 11 rings (SSSR count). The Morgan fingerprint density at radius 2 is 0.964 bits per heavy atom. The molecule has 0 N–H and O–H groups in total. The van der Waals surface area contributed by atoms with Gasteiger partial charge in [0.15, 0.2) is 17.5 Å². The van der Waals surface area contributed by atoms with Crippen molar-refractivity contribution in [2.75, 3.05) is 0 Å². The number of hydrogen-bond donors (Lipinski definition) is 0. The largest absolute Gasteiger partial charge is 0.456 e. The zero-order valence-electron chi connectivity index (χ0n) is 35.6. The van der Waals surface area contributed by atoms with E-state index in [9.17, 15) is 4.11 Å². The highest BCUT2D eigenvalue weighted by Gasteiger charge is 2.19. The van der Waals surface area contributed by atoms with E-state index in [4.69, 9.17) is 27.9 Å². The monoisotopic (exact) mass is 723 g/mol. The summed E-state index contributed by atoms with van der Waals surface area (Å²) in [7, 11) is 0. The first-order chi connectivity index (χ1) is 30.2. The summed E-state index contributed by atoms with van der Waals surface area (Å²) in [6.45, 7) is 0. The molecular weight excluding hydrogens is 687 g/mol. The average Bonchev–Trinajstić information content (AvgIpc) is 3.90. The third-order valence-corrected chi connectivity index (χ3v) is 10.1. The van der Waals surface area contributed by atoms with E-state index in [-0.39, 0.29) is 75.4 Å². The van der Waals surface area contributed by atoms with Crippen LogP contribution in [0.4, 0.5) is 0 Å². The van der Waals surface area contributed by atoms with Gasteiger partial charge in [0.05, 0.1) is 8.22 Å². The van der Waals surface area contributed by atoms with Gasteiger partial charge in [0, 0.05) is 38.2 Å². The number of aromatic nitrogens is 3. The van der Waals surface area contributed by atoms with Crippen LogP contribution in [-0.4, -0.2) is 15.0 Å². The highest BCUT2D eigenvalue weighted by atomic mass is 16.3. The van der Waals surface area contributed by atoms with Crippen LogP contribution in [-0.2, 0) is 0 Å². The second kappa shape index (κ2) is 13.0. The smallest absolute Gasteiger partial charge is 0.164 e. The molecule has 0 bridgehead atoms. The summed E-state index contributed by atoms with van der Waals surface area (Å²) >= 11 is 0. The predicted molar refractivity (Wildman–Crippen MR) is 227 cm³/mol. The topological polar surface area (TPSA) is 65.0 Å². The summed E-state index contributed by atoms with van der Waals surface area (Å²) < 4.78 is 67.4. The van der Waals surface area contributed by atoms with Crippen LogP contribution in [0.5, 0.6) is 0 Å². The van der Waals surface area contributed by atoms with Crippen molar-refractivity contribution in [2.45, 2.75) is 0 Å². The molecule has 0 radical (unpaired) electrons. The predicted octanol–water partition coefficient (Wildman–Crippen LogP) is 13.7. The molecule has 5 heteroatoms. The van der Waals surface area contributed by atoms with E-state index in [1.165, 1.54) is 0 Å². The van der Waals surface area contributed by atoms with Crippen LogP contribution in [0.2, 0.25) is 0 Å². The maximum Gasteiger partial charge on any atom is 0.164 e. The van der Waals surface area contributed by atoms with Crippen LogP contribution < -0.4 is 0 Å².